The second-order valence-electron chi connectivity index (χ2n) is 7.75. The molecule has 0 bridgehead atoms. The first-order chi connectivity index (χ1) is 16.5. The molecule has 1 atom stereocenters. The lowest BCUT2D eigenvalue weighted by atomic mass is 10.1. The Morgan fingerprint density at radius 1 is 1.15 bits per heavy atom. The van der Waals surface area contributed by atoms with Gasteiger partial charge in [0.15, 0.2) is 17.8 Å². The molecule has 11 heteroatoms. The molecule has 1 aliphatic rings. The number of benzene rings is 2. The van der Waals surface area contributed by atoms with Crippen LogP contribution in [0.3, 0.4) is 0 Å². The third-order valence-corrected chi connectivity index (χ3v) is 5.59. The number of nitro benzene ring substituents is 1. The fourth-order valence-electron chi connectivity index (χ4n) is 3.89. The summed E-state index contributed by atoms with van der Waals surface area (Å²) in [7, 11) is 1.47. The van der Waals surface area contributed by atoms with Gasteiger partial charge >= 0.3 is 6.01 Å². The van der Waals surface area contributed by atoms with Crippen molar-refractivity contribution in [3.63, 3.8) is 0 Å². The monoisotopic (exact) mass is 465 g/mol. The zero-order chi connectivity index (χ0) is 23.7. The molecule has 0 N–H and O–H groups in total. The molecule has 0 aliphatic carbocycles. The van der Waals surface area contributed by atoms with E-state index in [-0.39, 0.29) is 23.7 Å². The van der Waals surface area contributed by atoms with Crippen LogP contribution < -0.4 is 9.47 Å². The van der Waals surface area contributed by atoms with Crippen LogP contribution in [-0.2, 0) is 4.74 Å². The van der Waals surface area contributed by atoms with E-state index >= 15 is 0 Å². The van der Waals surface area contributed by atoms with Crippen molar-refractivity contribution < 1.29 is 23.5 Å². The van der Waals surface area contributed by atoms with E-state index < -0.39 is 10.7 Å². The first kappa shape index (κ1) is 21.7. The smallest absolute Gasteiger partial charge is 0.316 e. The van der Waals surface area contributed by atoms with Crippen molar-refractivity contribution in [2.24, 2.45) is 0 Å². The number of fused-ring (bicyclic) bond motifs is 1. The van der Waals surface area contributed by atoms with Crippen molar-refractivity contribution in [1.29, 1.82) is 0 Å². The summed E-state index contributed by atoms with van der Waals surface area (Å²) in [5.74, 6) is -0.681. The number of nitro groups is 1. The van der Waals surface area contributed by atoms with Crippen molar-refractivity contribution in [3.05, 3.63) is 64.9 Å². The fourth-order valence-corrected chi connectivity index (χ4v) is 3.89. The van der Waals surface area contributed by atoms with Gasteiger partial charge in [-0.1, -0.05) is 0 Å². The van der Waals surface area contributed by atoms with Gasteiger partial charge in [0, 0.05) is 41.6 Å². The third kappa shape index (κ3) is 4.13. The Bertz CT molecular complexity index is 1350. The van der Waals surface area contributed by atoms with Crippen LogP contribution in [0.25, 0.3) is 22.0 Å². The molecule has 10 nitrogen and oxygen atoms in total. The summed E-state index contributed by atoms with van der Waals surface area (Å²) in [5.41, 5.74) is 1.65. The van der Waals surface area contributed by atoms with Crippen molar-refractivity contribution in [2.75, 3.05) is 13.7 Å². The van der Waals surface area contributed by atoms with Gasteiger partial charge in [0.05, 0.1) is 29.8 Å². The van der Waals surface area contributed by atoms with Crippen LogP contribution >= 0.6 is 0 Å². The Kier molecular flexibility index (Phi) is 5.76. The molecule has 1 aliphatic heterocycles. The van der Waals surface area contributed by atoms with Gasteiger partial charge < -0.3 is 14.2 Å². The molecule has 0 saturated carbocycles. The average molecular weight is 465 g/mol. The molecule has 174 valence electrons. The summed E-state index contributed by atoms with van der Waals surface area (Å²) in [6.45, 7) is 0.672. The lowest BCUT2D eigenvalue weighted by Gasteiger charge is -2.23. The van der Waals surface area contributed by atoms with Crippen molar-refractivity contribution in [3.8, 4) is 28.6 Å². The molecule has 0 amide bonds. The molecule has 0 spiro atoms. The minimum absolute atomic E-state index is 0.149. The number of halogens is 1. The molecule has 0 radical (unpaired) electrons. The third-order valence-electron chi connectivity index (χ3n) is 5.59. The van der Waals surface area contributed by atoms with Crippen molar-refractivity contribution in [1.82, 2.24) is 19.7 Å². The maximum absolute atomic E-state index is 14.6. The SMILES string of the molecule is COc1ncc(-c2cc3c(cnn3C3CCCCO3)cc2Oc2ccc([N+](=O)[O-])cc2F)cn1. The summed E-state index contributed by atoms with van der Waals surface area (Å²) in [6, 6.07) is 7.04. The van der Waals surface area contributed by atoms with E-state index in [9.17, 15) is 14.5 Å². The van der Waals surface area contributed by atoms with Gasteiger partial charge in [-0.15, -0.1) is 0 Å². The molecule has 1 saturated heterocycles. The summed E-state index contributed by atoms with van der Waals surface area (Å²) >= 11 is 0. The number of hydrogen-bond acceptors (Lipinski definition) is 8. The topological polar surface area (TPSA) is 114 Å². The Morgan fingerprint density at radius 3 is 2.65 bits per heavy atom. The van der Waals surface area contributed by atoms with Crippen LogP contribution in [0, 0.1) is 15.9 Å². The first-order valence-corrected chi connectivity index (χ1v) is 10.6. The quantitative estimate of drug-likeness (QED) is 0.287. The van der Waals surface area contributed by atoms with Gasteiger partial charge in [-0.25, -0.2) is 19.0 Å². The molecule has 5 rings (SSSR count). The van der Waals surface area contributed by atoms with Crippen LogP contribution in [0.4, 0.5) is 10.1 Å². The summed E-state index contributed by atoms with van der Waals surface area (Å²) in [4.78, 5) is 18.6. The summed E-state index contributed by atoms with van der Waals surface area (Å²) in [5, 5.41) is 16.2. The van der Waals surface area contributed by atoms with Crippen LogP contribution in [0.15, 0.2) is 48.9 Å². The van der Waals surface area contributed by atoms with E-state index in [1.165, 1.54) is 19.2 Å². The number of non-ortho nitro benzene ring substituents is 1. The largest absolute Gasteiger partial charge is 0.467 e. The van der Waals surface area contributed by atoms with Crippen LogP contribution in [0.1, 0.15) is 25.5 Å². The van der Waals surface area contributed by atoms with E-state index in [0.29, 0.717) is 23.5 Å². The molecule has 3 heterocycles. The highest BCUT2D eigenvalue weighted by molar-refractivity contribution is 5.88. The average Bonchev–Trinajstić information content (AvgIpc) is 3.28. The predicted molar refractivity (Wildman–Crippen MR) is 119 cm³/mol. The highest BCUT2D eigenvalue weighted by atomic mass is 19.1. The molecule has 2 aromatic heterocycles. The Balaban J connectivity index is 1.61. The molecule has 4 aromatic rings. The van der Waals surface area contributed by atoms with E-state index in [2.05, 4.69) is 15.1 Å². The van der Waals surface area contributed by atoms with E-state index in [1.54, 1.807) is 24.7 Å². The van der Waals surface area contributed by atoms with Gasteiger partial charge in [-0.3, -0.25) is 10.1 Å². The number of aromatic nitrogens is 4. The highest BCUT2D eigenvalue weighted by Gasteiger charge is 2.21. The zero-order valence-electron chi connectivity index (χ0n) is 18.2. The second kappa shape index (κ2) is 9.02. The molecule has 1 unspecified atom stereocenters. The number of ether oxygens (including phenoxy) is 3. The number of methoxy groups -OCH3 is 1. The lowest BCUT2D eigenvalue weighted by Crippen LogP contribution is -2.18. The Morgan fingerprint density at radius 2 is 1.97 bits per heavy atom. The number of nitrogens with zero attached hydrogens (tertiary/aromatic N) is 5. The Hall–Kier alpha value is -4.12. The summed E-state index contributed by atoms with van der Waals surface area (Å²) in [6.07, 6.45) is 7.58. The Labute approximate surface area is 193 Å². The number of hydrogen-bond donors (Lipinski definition) is 0. The van der Waals surface area contributed by atoms with Gasteiger partial charge in [0.25, 0.3) is 5.69 Å². The number of rotatable bonds is 6. The fraction of sp³-hybridized carbons (Fsp3) is 0.261. The van der Waals surface area contributed by atoms with Gasteiger partial charge in [-0.05, 0) is 37.5 Å². The van der Waals surface area contributed by atoms with Crippen molar-refractivity contribution in [2.45, 2.75) is 25.5 Å². The van der Waals surface area contributed by atoms with E-state index in [4.69, 9.17) is 14.2 Å². The standard InChI is InChI=1S/C23H20FN5O5/c1-32-23-25-11-15(12-26-23)17-10-19-14(13-27-28(19)22-4-2-3-7-33-22)8-21(17)34-20-6-5-16(29(30)31)9-18(20)24/h5-6,8-13,22H,2-4,7H2,1H3. The van der Waals surface area contributed by atoms with Crippen LogP contribution in [0.5, 0.6) is 17.5 Å². The van der Waals surface area contributed by atoms with Gasteiger partial charge in [0.1, 0.15) is 5.75 Å². The molecule has 34 heavy (non-hydrogen) atoms. The first-order valence-electron chi connectivity index (χ1n) is 10.6. The van der Waals surface area contributed by atoms with Crippen LogP contribution in [0.2, 0.25) is 0 Å². The molecule has 2 aromatic carbocycles. The maximum Gasteiger partial charge on any atom is 0.316 e. The zero-order valence-corrected chi connectivity index (χ0v) is 18.2. The van der Waals surface area contributed by atoms with Gasteiger partial charge in [-0.2, -0.15) is 5.10 Å². The predicted octanol–water partition coefficient (Wildman–Crippen LogP) is 5.04. The molecular weight excluding hydrogens is 445 g/mol. The molecule has 1 fully saturated rings. The van der Waals surface area contributed by atoms with Gasteiger partial charge in [0.2, 0.25) is 0 Å². The normalized spacial score (nSPS) is 15.9. The van der Waals surface area contributed by atoms with Crippen molar-refractivity contribution >= 4 is 16.6 Å². The molecular formula is C23H20FN5O5. The highest BCUT2D eigenvalue weighted by Crippen LogP contribution is 2.39. The lowest BCUT2D eigenvalue weighted by molar-refractivity contribution is -0.385. The van der Waals surface area contributed by atoms with E-state index in [0.717, 1.165) is 36.2 Å². The summed E-state index contributed by atoms with van der Waals surface area (Å²) < 4.78 is 33.3. The maximum atomic E-state index is 14.6. The minimum atomic E-state index is -0.850. The van der Waals surface area contributed by atoms with E-state index in [1.807, 2.05) is 10.7 Å². The second-order valence-corrected chi connectivity index (χ2v) is 7.75. The van der Waals surface area contributed by atoms with Crippen LogP contribution in [-0.4, -0.2) is 38.4 Å². The minimum Gasteiger partial charge on any atom is -0.467 e.